The summed E-state index contributed by atoms with van der Waals surface area (Å²) < 4.78 is 46.4. The normalized spacial score (nSPS) is 11.2. The smallest absolute Gasteiger partial charge is 0.280 e. The number of nitrogens with zero attached hydrogens (tertiary/aromatic N) is 4. The van der Waals surface area contributed by atoms with Gasteiger partial charge >= 0.3 is 0 Å². The Bertz CT molecular complexity index is 1650. The van der Waals surface area contributed by atoms with Crippen molar-refractivity contribution in [2.24, 2.45) is 5.73 Å². The first-order valence-corrected chi connectivity index (χ1v) is 13.8. The van der Waals surface area contributed by atoms with Gasteiger partial charge in [-0.2, -0.15) is 13.4 Å². The van der Waals surface area contributed by atoms with Crippen molar-refractivity contribution < 1.29 is 32.5 Å². The monoisotopic (exact) mass is 580 g/mol. The predicted octanol–water partition coefficient (Wildman–Crippen LogP) is 3.13. The standard InChI is InChI=1S/C27H28N6O7S/c1-16(2)18-8-9-22(30-15-18)41(36,37)33-26-23(40-21-7-5-4-6-20(21)38-3)27(39-13-12-34)32-25(31-26)17-10-11-29-19(14-17)24(28)35/h4-11,14-16,34H,12-13H2,1-3H3,(H2,28,35)(H,31,32,33). The number of aromatic nitrogens is 4. The molecular formula is C27H28N6O7S. The molecule has 0 saturated carbocycles. The Kier molecular flexibility index (Phi) is 8.94. The van der Waals surface area contributed by atoms with Crippen LogP contribution in [0.2, 0.25) is 0 Å². The van der Waals surface area contributed by atoms with Crippen LogP contribution < -0.4 is 24.7 Å². The number of para-hydroxylation sites is 2. The zero-order valence-electron chi connectivity index (χ0n) is 22.4. The molecule has 0 aliphatic carbocycles. The van der Waals surface area contributed by atoms with E-state index in [2.05, 4.69) is 24.7 Å². The van der Waals surface area contributed by atoms with Crippen molar-refractivity contribution >= 4 is 21.7 Å². The van der Waals surface area contributed by atoms with Crippen LogP contribution in [0.1, 0.15) is 35.8 Å². The maximum atomic E-state index is 13.5. The van der Waals surface area contributed by atoms with Crippen LogP contribution in [0, 0.1) is 0 Å². The number of nitrogens with two attached hydrogens (primary N) is 1. The van der Waals surface area contributed by atoms with Crippen molar-refractivity contribution in [1.29, 1.82) is 0 Å². The lowest BCUT2D eigenvalue weighted by Crippen LogP contribution is -2.18. The van der Waals surface area contributed by atoms with Gasteiger partial charge in [-0.1, -0.05) is 32.0 Å². The summed E-state index contributed by atoms with van der Waals surface area (Å²) in [6.45, 7) is 3.35. The Labute approximate surface area is 236 Å². The van der Waals surface area contributed by atoms with Gasteiger partial charge in [-0.25, -0.2) is 9.97 Å². The highest BCUT2D eigenvalue weighted by Crippen LogP contribution is 2.41. The molecule has 14 heteroatoms. The first-order valence-electron chi connectivity index (χ1n) is 12.3. The summed E-state index contributed by atoms with van der Waals surface area (Å²) in [7, 11) is -2.85. The molecule has 4 aromatic rings. The van der Waals surface area contributed by atoms with Crippen LogP contribution in [-0.4, -0.2) is 59.7 Å². The van der Waals surface area contributed by atoms with E-state index in [0.717, 1.165) is 5.56 Å². The maximum absolute atomic E-state index is 13.5. The number of anilines is 1. The summed E-state index contributed by atoms with van der Waals surface area (Å²) in [6.07, 6.45) is 2.81. The lowest BCUT2D eigenvalue weighted by molar-refractivity contribution is 0.0995. The predicted molar refractivity (Wildman–Crippen MR) is 149 cm³/mol. The Hall–Kier alpha value is -4.82. The van der Waals surface area contributed by atoms with Gasteiger partial charge in [0.05, 0.1) is 13.7 Å². The zero-order chi connectivity index (χ0) is 29.6. The molecule has 0 aliphatic rings. The highest BCUT2D eigenvalue weighted by molar-refractivity contribution is 7.92. The lowest BCUT2D eigenvalue weighted by Gasteiger charge is -2.18. The highest BCUT2D eigenvalue weighted by atomic mass is 32.2. The van der Waals surface area contributed by atoms with E-state index in [-0.39, 0.29) is 64.4 Å². The largest absolute Gasteiger partial charge is 0.493 e. The minimum Gasteiger partial charge on any atom is -0.493 e. The Morgan fingerprint density at radius 2 is 1.83 bits per heavy atom. The Balaban J connectivity index is 1.89. The van der Waals surface area contributed by atoms with Gasteiger partial charge in [0, 0.05) is 18.0 Å². The number of pyridine rings is 2. The molecule has 0 unspecified atom stereocenters. The summed E-state index contributed by atoms with van der Waals surface area (Å²) in [5.41, 5.74) is 6.46. The molecule has 214 valence electrons. The molecule has 0 radical (unpaired) electrons. The van der Waals surface area contributed by atoms with E-state index in [4.69, 9.17) is 19.9 Å². The molecule has 1 amide bonds. The molecule has 4 rings (SSSR count). The number of nitrogens with one attached hydrogen (secondary N) is 1. The van der Waals surface area contributed by atoms with Gasteiger partial charge in [-0.15, -0.1) is 0 Å². The minimum atomic E-state index is -4.30. The zero-order valence-corrected chi connectivity index (χ0v) is 23.3. The first-order chi connectivity index (χ1) is 19.6. The first kappa shape index (κ1) is 29.2. The van der Waals surface area contributed by atoms with E-state index in [1.54, 1.807) is 30.3 Å². The molecule has 3 heterocycles. The van der Waals surface area contributed by atoms with E-state index >= 15 is 0 Å². The number of carbonyl (C=O) groups is 1. The van der Waals surface area contributed by atoms with E-state index in [1.807, 2.05) is 13.8 Å². The molecule has 1 aromatic carbocycles. The lowest BCUT2D eigenvalue weighted by atomic mass is 10.1. The topological polar surface area (TPSA) is 189 Å². The number of methoxy groups -OCH3 is 1. The van der Waals surface area contributed by atoms with E-state index in [9.17, 15) is 18.3 Å². The molecule has 0 aliphatic heterocycles. The number of amides is 1. The summed E-state index contributed by atoms with van der Waals surface area (Å²) >= 11 is 0. The number of ether oxygens (including phenoxy) is 3. The Morgan fingerprint density at radius 3 is 2.46 bits per heavy atom. The third-order valence-electron chi connectivity index (χ3n) is 5.65. The van der Waals surface area contributed by atoms with Crippen LogP contribution >= 0.6 is 0 Å². The Morgan fingerprint density at radius 1 is 1.07 bits per heavy atom. The van der Waals surface area contributed by atoms with Crippen LogP contribution in [0.4, 0.5) is 5.82 Å². The van der Waals surface area contributed by atoms with Gasteiger partial charge in [0.2, 0.25) is 5.75 Å². The van der Waals surface area contributed by atoms with Crippen LogP contribution in [0.25, 0.3) is 11.4 Å². The second kappa shape index (κ2) is 12.6. The number of aliphatic hydroxyl groups excluding tert-OH is 1. The third kappa shape index (κ3) is 6.85. The molecule has 4 N–H and O–H groups in total. The van der Waals surface area contributed by atoms with Crippen LogP contribution in [0.15, 0.2) is 66.0 Å². The fraction of sp³-hybridized carbons (Fsp3) is 0.222. The van der Waals surface area contributed by atoms with E-state index in [1.165, 1.54) is 37.7 Å². The average molecular weight is 581 g/mol. The number of aliphatic hydroxyl groups is 1. The number of benzene rings is 1. The van der Waals surface area contributed by atoms with E-state index < -0.39 is 15.9 Å². The maximum Gasteiger partial charge on any atom is 0.280 e. The molecule has 0 bridgehead atoms. The van der Waals surface area contributed by atoms with Gasteiger partial charge in [-0.3, -0.25) is 14.5 Å². The molecule has 13 nitrogen and oxygen atoms in total. The second-order valence-corrected chi connectivity index (χ2v) is 10.5. The number of sulfonamides is 1. The fourth-order valence-electron chi connectivity index (χ4n) is 3.55. The van der Waals surface area contributed by atoms with Crippen molar-refractivity contribution in [1.82, 2.24) is 19.9 Å². The molecule has 3 aromatic heterocycles. The van der Waals surface area contributed by atoms with Crippen molar-refractivity contribution in [3.8, 4) is 34.5 Å². The quantitative estimate of drug-likeness (QED) is 0.223. The SMILES string of the molecule is COc1ccccc1Oc1c(NS(=O)(=O)c2ccc(C(C)C)cn2)nc(-c2ccnc(C(N)=O)c2)nc1OCCO. The number of hydrogen-bond donors (Lipinski definition) is 3. The third-order valence-corrected chi connectivity index (χ3v) is 6.90. The van der Waals surface area contributed by atoms with Gasteiger partial charge in [0.1, 0.15) is 12.3 Å². The summed E-state index contributed by atoms with van der Waals surface area (Å²) in [5.74, 6) is -0.848. The fourth-order valence-corrected chi connectivity index (χ4v) is 4.49. The van der Waals surface area contributed by atoms with Crippen LogP contribution in [0.3, 0.4) is 0 Å². The van der Waals surface area contributed by atoms with Gasteiger partial charge < -0.3 is 25.1 Å². The molecule has 0 saturated heterocycles. The summed E-state index contributed by atoms with van der Waals surface area (Å²) in [4.78, 5) is 28.5. The number of carbonyl (C=O) groups excluding carboxylic acids is 1. The molecule has 0 fully saturated rings. The van der Waals surface area contributed by atoms with Crippen molar-refractivity contribution in [2.45, 2.75) is 24.8 Å². The highest BCUT2D eigenvalue weighted by Gasteiger charge is 2.26. The molecule has 41 heavy (non-hydrogen) atoms. The van der Waals surface area contributed by atoms with Crippen LogP contribution in [0.5, 0.6) is 23.1 Å². The second-order valence-electron chi connectivity index (χ2n) is 8.84. The van der Waals surface area contributed by atoms with Crippen molar-refractivity contribution in [2.75, 3.05) is 25.0 Å². The van der Waals surface area contributed by atoms with Gasteiger partial charge in [0.25, 0.3) is 21.8 Å². The number of hydrogen-bond acceptors (Lipinski definition) is 11. The molecule has 0 atom stereocenters. The summed E-state index contributed by atoms with van der Waals surface area (Å²) in [6, 6.07) is 12.5. The van der Waals surface area contributed by atoms with Gasteiger partial charge in [0.15, 0.2) is 28.2 Å². The molecule has 0 spiro atoms. The van der Waals surface area contributed by atoms with Gasteiger partial charge in [-0.05, 0) is 41.8 Å². The number of primary amides is 1. The summed E-state index contributed by atoms with van der Waals surface area (Å²) in [5, 5.41) is 9.17. The van der Waals surface area contributed by atoms with Crippen molar-refractivity contribution in [3.63, 3.8) is 0 Å². The molecular weight excluding hydrogens is 552 g/mol. The minimum absolute atomic E-state index is 0.0453. The number of rotatable bonds is 12. The average Bonchev–Trinajstić information content (AvgIpc) is 2.97. The van der Waals surface area contributed by atoms with Crippen molar-refractivity contribution in [3.05, 3.63) is 72.2 Å². The van der Waals surface area contributed by atoms with Crippen LogP contribution in [-0.2, 0) is 10.0 Å². The van der Waals surface area contributed by atoms with E-state index in [0.29, 0.717) is 5.75 Å².